The summed E-state index contributed by atoms with van der Waals surface area (Å²) in [5.41, 5.74) is 6.87. The first kappa shape index (κ1) is 20.5. The molecule has 3 N–H and O–H groups in total. The van der Waals surface area contributed by atoms with E-state index < -0.39 is 0 Å². The topological polar surface area (TPSA) is 58.4 Å². The van der Waals surface area contributed by atoms with Crippen molar-refractivity contribution >= 4 is 52.3 Å². The largest absolute Gasteiger partial charge is 0.398 e. The number of carbonyl (C=O) groups excluding carboxylic acids is 1. The lowest BCUT2D eigenvalue weighted by Crippen LogP contribution is -2.41. The third-order valence-electron chi connectivity index (χ3n) is 3.63. The van der Waals surface area contributed by atoms with E-state index in [2.05, 4.69) is 40.1 Å². The highest BCUT2D eigenvalue weighted by Crippen LogP contribution is 2.26. The van der Waals surface area contributed by atoms with Crippen molar-refractivity contribution in [3.63, 3.8) is 0 Å². The molecule has 1 aliphatic rings. The fourth-order valence-electron chi connectivity index (χ4n) is 2.06. The van der Waals surface area contributed by atoms with Crippen LogP contribution in [0.5, 0.6) is 0 Å². The molecule has 7 heteroatoms. The molecule has 1 aromatic rings. The van der Waals surface area contributed by atoms with Crippen LogP contribution in [0.25, 0.3) is 0 Å². The van der Waals surface area contributed by atoms with E-state index in [1.54, 1.807) is 12.1 Å². The monoisotopic (exact) mass is 397 g/mol. The molecule has 0 heterocycles. The van der Waals surface area contributed by atoms with Gasteiger partial charge in [0.05, 0.1) is 5.56 Å². The van der Waals surface area contributed by atoms with Gasteiger partial charge in [-0.1, -0.05) is 15.9 Å². The molecule has 0 saturated heterocycles. The van der Waals surface area contributed by atoms with Crippen LogP contribution in [0, 0.1) is 0 Å². The normalized spacial score (nSPS) is 14.9. The van der Waals surface area contributed by atoms with Crippen LogP contribution < -0.4 is 11.1 Å². The SMILES string of the molecule is CC(CNC(=O)c1ccc(Br)cc1N)N(C)C1CC1.Cl.Cl. The molecule has 1 amide bonds. The number of anilines is 1. The van der Waals surface area contributed by atoms with Crippen LogP contribution in [0.15, 0.2) is 22.7 Å². The summed E-state index contributed by atoms with van der Waals surface area (Å²) in [6.45, 7) is 2.77. The summed E-state index contributed by atoms with van der Waals surface area (Å²) in [6.07, 6.45) is 2.54. The lowest BCUT2D eigenvalue weighted by molar-refractivity contribution is 0.0940. The Morgan fingerprint density at radius 1 is 1.48 bits per heavy atom. The number of hydrogen-bond acceptors (Lipinski definition) is 3. The number of carbonyl (C=O) groups is 1. The maximum Gasteiger partial charge on any atom is 0.253 e. The van der Waals surface area contributed by atoms with Crippen molar-refractivity contribution in [3.05, 3.63) is 28.2 Å². The summed E-state index contributed by atoms with van der Waals surface area (Å²) in [6, 6.07) is 6.35. The number of nitrogens with one attached hydrogen (secondary N) is 1. The van der Waals surface area contributed by atoms with E-state index in [0.29, 0.717) is 29.9 Å². The third-order valence-corrected chi connectivity index (χ3v) is 4.13. The minimum absolute atomic E-state index is 0. The van der Waals surface area contributed by atoms with Gasteiger partial charge in [0.1, 0.15) is 0 Å². The molecule has 1 aliphatic carbocycles. The quantitative estimate of drug-likeness (QED) is 0.749. The van der Waals surface area contributed by atoms with E-state index >= 15 is 0 Å². The van der Waals surface area contributed by atoms with Crippen molar-refractivity contribution in [2.75, 3.05) is 19.3 Å². The van der Waals surface area contributed by atoms with Crippen LogP contribution in [0.1, 0.15) is 30.1 Å². The smallest absolute Gasteiger partial charge is 0.253 e. The fourth-order valence-corrected chi connectivity index (χ4v) is 2.44. The molecule has 1 atom stereocenters. The van der Waals surface area contributed by atoms with E-state index in [1.807, 2.05) is 6.07 Å². The van der Waals surface area contributed by atoms with Gasteiger partial charge in [-0.15, -0.1) is 24.8 Å². The Morgan fingerprint density at radius 3 is 2.62 bits per heavy atom. The van der Waals surface area contributed by atoms with E-state index in [1.165, 1.54) is 12.8 Å². The van der Waals surface area contributed by atoms with Gasteiger partial charge in [0.25, 0.3) is 5.91 Å². The molecule has 0 bridgehead atoms. The van der Waals surface area contributed by atoms with Gasteiger partial charge >= 0.3 is 0 Å². The zero-order chi connectivity index (χ0) is 14.0. The summed E-state index contributed by atoms with van der Waals surface area (Å²) in [7, 11) is 2.11. The molecule has 21 heavy (non-hydrogen) atoms. The number of halogens is 3. The average Bonchev–Trinajstić information content (AvgIpc) is 3.18. The lowest BCUT2D eigenvalue weighted by Gasteiger charge is -2.24. The first-order valence-electron chi connectivity index (χ1n) is 6.54. The summed E-state index contributed by atoms with van der Waals surface area (Å²) < 4.78 is 0.878. The third kappa shape index (κ3) is 5.66. The predicted octanol–water partition coefficient (Wildman–Crippen LogP) is 3.09. The zero-order valence-corrected chi connectivity index (χ0v) is 15.4. The summed E-state index contributed by atoms with van der Waals surface area (Å²) in [5, 5.41) is 2.95. The minimum atomic E-state index is -0.110. The number of amides is 1. The second kappa shape index (κ2) is 8.83. The standard InChI is InChI=1S/C14H20BrN3O.2ClH/c1-9(18(2)11-4-5-11)8-17-14(19)12-6-3-10(15)7-13(12)16;;/h3,6-7,9,11H,4-5,8,16H2,1-2H3,(H,17,19);2*1H. The minimum Gasteiger partial charge on any atom is -0.398 e. The van der Waals surface area contributed by atoms with Gasteiger partial charge in [-0.2, -0.15) is 0 Å². The highest BCUT2D eigenvalue weighted by molar-refractivity contribution is 9.10. The summed E-state index contributed by atoms with van der Waals surface area (Å²) >= 11 is 3.33. The van der Waals surface area contributed by atoms with Gasteiger partial charge in [-0.25, -0.2) is 0 Å². The van der Waals surface area contributed by atoms with Crippen LogP contribution in [-0.4, -0.2) is 36.5 Å². The molecule has 1 unspecified atom stereocenters. The molecule has 0 radical (unpaired) electrons. The van der Waals surface area contributed by atoms with Crippen LogP contribution in [0.2, 0.25) is 0 Å². The lowest BCUT2D eigenvalue weighted by atomic mass is 10.1. The fraction of sp³-hybridized carbons (Fsp3) is 0.500. The average molecular weight is 399 g/mol. The molecular weight excluding hydrogens is 377 g/mol. The van der Waals surface area contributed by atoms with Crippen LogP contribution >= 0.6 is 40.7 Å². The zero-order valence-electron chi connectivity index (χ0n) is 12.1. The molecule has 0 aromatic heterocycles. The molecule has 1 aromatic carbocycles. The van der Waals surface area contributed by atoms with Gasteiger partial charge < -0.3 is 11.1 Å². The molecule has 1 fully saturated rings. The van der Waals surface area contributed by atoms with Crippen molar-refractivity contribution in [2.24, 2.45) is 0 Å². The Kier molecular flexibility index (Phi) is 8.63. The first-order chi connectivity index (χ1) is 8.99. The molecular formula is C14H22BrCl2N3O. The van der Waals surface area contributed by atoms with Gasteiger partial charge in [0, 0.05) is 28.8 Å². The Morgan fingerprint density at radius 2 is 2.10 bits per heavy atom. The van der Waals surface area contributed by atoms with Crippen molar-refractivity contribution in [1.29, 1.82) is 0 Å². The molecule has 0 spiro atoms. The number of nitrogen functional groups attached to an aromatic ring is 1. The van der Waals surface area contributed by atoms with Gasteiger partial charge in [-0.3, -0.25) is 9.69 Å². The Hall–Kier alpha value is -0.490. The number of rotatable bonds is 5. The maximum absolute atomic E-state index is 12.1. The summed E-state index contributed by atoms with van der Waals surface area (Å²) in [5.74, 6) is -0.110. The Labute approximate surface area is 146 Å². The van der Waals surface area contributed by atoms with E-state index in [9.17, 15) is 4.79 Å². The molecule has 0 aliphatic heterocycles. The predicted molar refractivity (Wildman–Crippen MR) is 95.6 cm³/mol. The molecule has 1 saturated carbocycles. The Balaban J connectivity index is 0.00000200. The van der Waals surface area contributed by atoms with Crippen LogP contribution in [0.3, 0.4) is 0 Å². The van der Waals surface area contributed by atoms with Crippen molar-refractivity contribution in [1.82, 2.24) is 10.2 Å². The van der Waals surface area contributed by atoms with Gasteiger partial charge in [0.15, 0.2) is 0 Å². The van der Waals surface area contributed by atoms with Gasteiger partial charge in [-0.05, 0) is 45.0 Å². The summed E-state index contributed by atoms with van der Waals surface area (Å²) in [4.78, 5) is 14.4. The second-order valence-corrected chi connectivity index (χ2v) is 6.10. The van der Waals surface area contributed by atoms with Crippen LogP contribution in [0.4, 0.5) is 5.69 Å². The molecule has 2 rings (SSSR count). The van der Waals surface area contributed by atoms with Gasteiger partial charge in [0.2, 0.25) is 0 Å². The second-order valence-electron chi connectivity index (χ2n) is 5.19. The molecule has 120 valence electrons. The molecule has 4 nitrogen and oxygen atoms in total. The number of nitrogens with two attached hydrogens (primary N) is 1. The highest BCUT2D eigenvalue weighted by Gasteiger charge is 2.29. The van der Waals surface area contributed by atoms with Crippen molar-refractivity contribution < 1.29 is 4.79 Å². The highest BCUT2D eigenvalue weighted by atomic mass is 79.9. The van der Waals surface area contributed by atoms with E-state index in [-0.39, 0.29) is 30.7 Å². The Bertz CT molecular complexity index is 483. The van der Waals surface area contributed by atoms with Crippen molar-refractivity contribution in [3.8, 4) is 0 Å². The maximum atomic E-state index is 12.1. The number of benzene rings is 1. The van der Waals surface area contributed by atoms with Crippen molar-refractivity contribution in [2.45, 2.75) is 31.8 Å². The van der Waals surface area contributed by atoms with E-state index in [0.717, 1.165) is 4.47 Å². The number of nitrogens with zero attached hydrogens (tertiary/aromatic N) is 1. The first-order valence-corrected chi connectivity index (χ1v) is 7.33. The van der Waals surface area contributed by atoms with Crippen LogP contribution in [-0.2, 0) is 0 Å². The number of likely N-dealkylation sites (N-methyl/N-ethyl adjacent to an activating group) is 1. The van der Waals surface area contributed by atoms with E-state index in [4.69, 9.17) is 5.73 Å². The number of hydrogen-bond donors (Lipinski definition) is 2.